The average Bonchev–Trinajstić information content (AvgIpc) is 2.90. The van der Waals surface area contributed by atoms with Crippen LogP contribution in [0.4, 0.5) is 11.4 Å². The molecule has 3 rings (SSSR count). The molecule has 3 amide bonds. The first-order valence-electron chi connectivity index (χ1n) is 11.6. The number of anilines is 2. The summed E-state index contributed by atoms with van der Waals surface area (Å²) >= 11 is 0. The highest BCUT2D eigenvalue weighted by molar-refractivity contribution is 6.39. The number of para-hydroxylation sites is 3. The van der Waals surface area contributed by atoms with E-state index in [1.165, 1.54) is 6.21 Å². The fraction of sp³-hybridized carbons (Fsp3) is 0.185. The number of nitrogens with zero attached hydrogens (tertiary/aromatic N) is 1. The van der Waals surface area contributed by atoms with Crippen molar-refractivity contribution < 1.29 is 28.6 Å². The zero-order valence-corrected chi connectivity index (χ0v) is 20.5. The van der Waals surface area contributed by atoms with E-state index in [1.54, 1.807) is 54.6 Å². The minimum atomic E-state index is -0.947. The van der Waals surface area contributed by atoms with Gasteiger partial charge in [0.25, 0.3) is 5.91 Å². The molecular formula is C27H28N4O6. The van der Waals surface area contributed by atoms with E-state index in [0.29, 0.717) is 47.4 Å². The number of carbonyl (C=O) groups is 3. The Morgan fingerprint density at radius 3 is 2.22 bits per heavy atom. The Kier molecular flexibility index (Phi) is 10.0. The van der Waals surface area contributed by atoms with Crippen molar-refractivity contribution in [3.05, 3.63) is 78.4 Å². The lowest BCUT2D eigenvalue weighted by Crippen LogP contribution is -2.32. The van der Waals surface area contributed by atoms with E-state index in [9.17, 15) is 14.4 Å². The van der Waals surface area contributed by atoms with Crippen molar-refractivity contribution in [3.63, 3.8) is 0 Å². The summed E-state index contributed by atoms with van der Waals surface area (Å²) in [6.45, 7) is 4.21. The molecule has 192 valence electrons. The number of rotatable bonds is 11. The minimum absolute atomic E-state index is 0.208. The van der Waals surface area contributed by atoms with Crippen molar-refractivity contribution in [2.75, 3.05) is 30.5 Å². The quantitative estimate of drug-likeness (QED) is 0.208. The number of nitrogens with one attached hydrogen (secondary N) is 3. The zero-order chi connectivity index (χ0) is 26.5. The van der Waals surface area contributed by atoms with Gasteiger partial charge >= 0.3 is 11.8 Å². The molecule has 0 radical (unpaired) electrons. The molecule has 0 aromatic heterocycles. The van der Waals surface area contributed by atoms with Crippen LogP contribution >= 0.6 is 0 Å². The molecule has 0 saturated heterocycles. The van der Waals surface area contributed by atoms with Crippen LogP contribution in [0.1, 0.15) is 19.4 Å². The van der Waals surface area contributed by atoms with Gasteiger partial charge in [-0.3, -0.25) is 14.4 Å². The molecule has 37 heavy (non-hydrogen) atoms. The second kappa shape index (κ2) is 13.9. The standard InChI is InChI=1S/C27H28N4O6/c1-3-35-22-13-9-8-12-21(22)30-26(33)27(34)31-28-17-19-14-15-23(24(16-19)36-4-2)37-18-25(32)29-20-10-6-5-7-11-20/h5-17H,3-4,18H2,1-2H3,(H,29,32)(H,30,33)(H,31,34)/b28-17-. The Bertz CT molecular complexity index is 1250. The molecule has 3 aromatic carbocycles. The van der Waals surface area contributed by atoms with Crippen LogP contribution in [0.3, 0.4) is 0 Å². The average molecular weight is 505 g/mol. The van der Waals surface area contributed by atoms with E-state index in [0.717, 1.165) is 0 Å². The number of ether oxygens (including phenoxy) is 3. The predicted molar refractivity (Wildman–Crippen MR) is 140 cm³/mol. The molecular weight excluding hydrogens is 476 g/mol. The van der Waals surface area contributed by atoms with Crippen molar-refractivity contribution >= 4 is 35.3 Å². The summed E-state index contributed by atoms with van der Waals surface area (Å²) in [5, 5.41) is 9.08. The molecule has 3 aromatic rings. The van der Waals surface area contributed by atoms with Crippen LogP contribution < -0.4 is 30.3 Å². The maximum Gasteiger partial charge on any atom is 0.329 e. The number of hydrogen-bond donors (Lipinski definition) is 3. The van der Waals surface area contributed by atoms with Gasteiger partial charge < -0.3 is 24.8 Å². The van der Waals surface area contributed by atoms with E-state index in [1.807, 2.05) is 32.0 Å². The van der Waals surface area contributed by atoms with Crippen molar-refractivity contribution in [2.45, 2.75) is 13.8 Å². The Balaban J connectivity index is 1.56. The summed E-state index contributed by atoms with van der Waals surface area (Å²) in [5.41, 5.74) is 3.81. The third-order valence-electron chi connectivity index (χ3n) is 4.70. The van der Waals surface area contributed by atoms with Gasteiger partial charge in [-0.05, 0) is 61.9 Å². The zero-order valence-electron chi connectivity index (χ0n) is 20.5. The van der Waals surface area contributed by atoms with Crippen molar-refractivity contribution in [2.24, 2.45) is 5.10 Å². The minimum Gasteiger partial charge on any atom is -0.492 e. The SMILES string of the molecule is CCOc1ccccc1NC(=O)C(=O)N/N=C\c1ccc(OCC(=O)Nc2ccccc2)c(OCC)c1. The Morgan fingerprint density at radius 2 is 1.46 bits per heavy atom. The molecule has 0 atom stereocenters. The third-order valence-corrected chi connectivity index (χ3v) is 4.70. The number of hydrazone groups is 1. The summed E-state index contributed by atoms with van der Waals surface area (Å²) in [6, 6.07) is 20.8. The Hall–Kier alpha value is -4.86. The van der Waals surface area contributed by atoms with Crippen LogP contribution in [0.2, 0.25) is 0 Å². The van der Waals surface area contributed by atoms with Gasteiger partial charge in [-0.1, -0.05) is 30.3 Å². The fourth-order valence-corrected chi connectivity index (χ4v) is 3.10. The lowest BCUT2D eigenvalue weighted by molar-refractivity contribution is -0.136. The largest absolute Gasteiger partial charge is 0.492 e. The molecule has 3 N–H and O–H groups in total. The fourth-order valence-electron chi connectivity index (χ4n) is 3.10. The highest BCUT2D eigenvalue weighted by Crippen LogP contribution is 2.28. The summed E-state index contributed by atoms with van der Waals surface area (Å²) in [6.07, 6.45) is 1.35. The maximum absolute atomic E-state index is 12.2. The molecule has 0 aliphatic rings. The molecule has 0 spiro atoms. The summed E-state index contributed by atoms with van der Waals surface area (Å²) in [7, 11) is 0. The first-order chi connectivity index (χ1) is 18.0. The van der Waals surface area contributed by atoms with Crippen LogP contribution in [-0.2, 0) is 14.4 Å². The number of benzene rings is 3. The molecule has 0 aliphatic carbocycles. The molecule has 10 nitrogen and oxygen atoms in total. The molecule has 0 fully saturated rings. The highest BCUT2D eigenvalue weighted by Gasteiger charge is 2.15. The molecule has 0 bridgehead atoms. The van der Waals surface area contributed by atoms with Gasteiger partial charge in [0.15, 0.2) is 18.1 Å². The Labute approximate surface area is 214 Å². The van der Waals surface area contributed by atoms with Gasteiger partial charge in [0.1, 0.15) is 5.75 Å². The predicted octanol–water partition coefficient (Wildman–Crippen LogP) is 3.59. The van der Waals surface area contributed by atoms with E-state index in [-0.39, 0.29) is 12.5 Å². The number of amides is 3. The van der Waals surface area contributed by atoms with E-state index < -0.39 is 11.8 Å². The van der Waals surface area contributed by atoms with Crippen LogP contribution in [0.25, 0.3) is 0 Å². The summed E-state index contributed by atoms with van der Waals surface area (Å²) in [5.74, 6) is -0.926. The molecule has 10 heteroatoms. The normalized spacial score (nSPS) is 10.4. The topological polar surface area (TPSA) is 127 Å². The van der Waals surface area contributed by atoms with Gasteiger partial charge in [0, 0.05) is 5.69 Å². The smallest absolute Gasteiger partial charge is 0.329 e. The lowest BCUT2D eigenvalue weighted by atomic mass is 10.2. The van der Waals surface area contributed by atoms with E-state index in [4.69, 9.17) is 14.2 Å². The lowest BCUT2D eigenvalue weighted by Gasteiger charge is -2.12. The van der Waals surface area contributed by atoms with Crippen molar-refractivity contribution in [1.82, 2.24) is 5.43 Å². The monoisotopic (exact) mass is 504 g/mol. The van der Waals surface area contributed by atoms with Crippen LogP contribution in [-0.4, -0.2) is 43.8 Å². The van der Waals surface area contributed by atoms with Crippen LogP contribution in [0.5, 0.6) is 17.2 Å². The molecule has 0 unspecified atom stereocenters. The van der Waals surface area contributed by atoms with Crippen molar-refractivity contribution in [3.8, 4) is 17.2 Å². The van der Waals surface area contributed by atoms with E-state index in [2.05, 4.69) is 21.2 Å². The Morgan fingerprint density at radius 1 is 0.757 bits per heavy atom. The van der Waals surface area contributed by atoms with Gasteiger partial charge in [-0.2, -0.15) is 5.10 Å². The molecule has 0 aliphatic heterocycles. The first-order valence-corrected chi connectivity index (χ1v) is 11.6. The molecule has 0 heterocycles. The maximum atomic E-state index is 12.2. The van der Waals surface area contributed by atoms with Gasteiger partial charge in [-0.25, -0.2) is 5.43 Å². The van der Waals surface area contributed by atoms with Gasteiger partial charge in [0.05, 0.1) is 25.1 Å². The van der Waals surface area contributed by atoms with Crippen LogP contribution in [0.15, 0.2) is 77.9 Å². The van der Waals surface area contributed by atoms with E-state index >= 15 is 0 Å². The first kappa shape index (κ1) is 26.7. The summed E-state index contributed by atoms with van der Waals surface area (Å²) < 4.78 is 16.7. The highest BCUT2D eigenvalue weighted by atomic mass is 16.5. The van der Waals surface area contributed by atoms with Gasteiger partial charge in [0.2, 0.25) is 0 Å². The second-order valence-corrected chi connectivity index (χ2v) is 7.42. The molecule has 0 saturated carbocycles. The summed E-state index contributed by atoms with van der Waals surface area (Å²) in [4.78, 5) is 36.5. The third kappa shape index (κ3) is 8.39. The number of hydrogen-bond acceptors (Lipinski definition) is 7. The second-order valence-electron chi connectivity index (χ2n) is 7.42. The van der Waals surface area contributed by atoms with Crippen molar-refractivity contribution in [1.29, 1.82) is 0 Å². The number of carbonyl (C=O) groups excluding carboxylic acids is 3. The van der Waals surface area contributed by atoms with Crippen LogP contribution in [0, 0.1) is 0 Å². The van der Waals surface area contributed by atoms with Gasteiger partial charge in [-0.15, -0.1) is 0 Å².